The molecule has 0 aliphatic carbocycles. The molecule has 8 heteroatoms. The highest BCUT2D eigenvalue weighted by atomic mass is 32.2. The fraction of sp³-hybridized carbons (Fsp3) is 0.188. The van der Waals surface area contributed by atoms with Crippen molar-refractivity contribution in [2.24, 2.45) is 0 Å². The maximum Gasteiger partial charge on any atom is 0.276 e. The normalized spacial score (nSPS) is 10.6. The number of imidazole rings is 1. The number of rotatable bonds is 5. The van der Waals surface area contributed by atoms with E-state index in [9.17, 15) is 4.79 Å². The number of carbonyl (C=O) groups excluding carboxylic acids is 1. The van der Waals surface area contributed by atoms with Crippen molar-refractivity contribution in [2.75, 3.05) is 11.9 Å². The van der Waals surface area contributed by atoms with Gasteiger partial charge in [0, 0.05) is 32.2 Å². The molecule has 0 radical (unpaired) electrons. The first-order valence-corrected chi connectivity index (χ1v) is 8.21. The van der Waals surface area contributed by atoms with E-state index in [-0.39, 0.29) is 5.91 Å². The lowest BCUT2D eigenvalue weighted by Crippen LogP contribution is -2.28. The van der Waals surface area contributed by atoms with Gasteiger partial charge in [0.05, 0.1) is 18.1 Å². The molecule has 0 aliphatic rings. The third-order valence-corrected chi connectivity index (χ3v) is 4.32. The minimum absolute atomic E-state index is 0.141. The summed E-state index contributed by atoms with van der Waals surface area (Å²) in [6.07, 6.45) is 8.27. The van der Waals surface area contributed by atoms with Gasteiger partial charge in [0.1, 0.15) is 5.69 Å². The minimum Gasteiger partial charge on any atom is -0.315 e. The summed E-state index contributed by atoms with van der Waals surface area (Å²) in [6.45, 7) is 2.59. The Bertz CT molecular complexity index is 821. The van der Waals surface area contributed by atoms with E-state index in [0.717, 1.165) is 5.69 Å². The third-order valence-electron chi connectivity index (χ3n) is 3.42. The zero-order valence-electron chi connectivity index (χ0n) is 13.3. The predicted molar refractivity (Wildman–Crippen MR) is 91.0 cm³/mol. The molecule has 24 heavy (non-hydrogen) atoms. The van der Waals surface area contributed by atoms with Gasteiger partial charge in [-0.15, -0.1) is 0 Å². The van der Waals surface area contributed by atoms with Crippen LogP contribution >= 0.6 is 11.8 Å². The van der Waals surface area contributed by atoms with Gasteiger partial charge in [0.2, 0.25) is 0 Å². The van der Waals surface area contributed by atoms with E-state index in [2.05, 4.69) is 19.9 Å². The molecular weight excluding hydrogens is 324 g/mol. The van der Waals surface area contributed by atoms with Gasteiger partial charge >= 0.3 is 0 Å². The molecule has 0 spiro atoms. The molecule has 0 unspecified atom stereocenters. The van der Waals surface area contributed by atoms with Crippen molar-refractivity contribution < 1.29 is 4.79 Å². The molecule has 3 heterocycles. The molecule has 0 saturated heterocycles. The molecule has 122 valence electrons. The maximum absolute atomic E-state index is 12.8. The number of pyridine rings is 1. The van der Waals surface area contributed by atoms with E-state index in [4.69, 9.17) is 0 Å². The van der Waals surface area contributed by atoms with Crippen LogP contribution in [0.5, 0.6) is 0 Å². The molecule has 3 rings (SSSR count). The van der Waals surface area contributed by atoms with Crippen molar-refractivity contribution in [3.8, 4) is 0 Å². The zero-order chi connectivity index (χ0) is 16.9. The number of hydrogen-bond acceptors (Lipinski definition) is 6. The summed E-state index contributed by atoms with van der Waals surface area (Å²) in [5.41, 5.74) is 1.24. The molecule has 0 saturated carbocycles. The number of hydrogen-bond donors (Lipinski definition) is 0. The van der Waals surface area contributed by atoms with Crippen LogP contribution in [-0.2, 0) is 6.54 Å². The van der Waals surface area contributed by atoms with Gasteiger partial charge in [0.25, 0.3) is 5.91 Å². The van der Waals surface area contributed by atoms with E-state index in [1.165, 1.54) is 11.8 Å². The lowest BCUT2D eigenvalue weighted by molar-refractivity contribution is 0.0983. The van der Waals surface area contributed by atoms with Crippen LogP contribution in [0.15, 0.2) is 59.5 Å². The highest BCUT2D eigenvalue weighted by Gasteiger charge is 2.21. The second-order valence-corrected chi connectivity index (χ2v) is 5.81. The molecule has 7 nitrogen and oxygen atoms in total. The molecule has 0 aliphatic heterocycles. The van der Waals surface area contributed by atoms with E-state index >= 15 is 0 Å². The summed E-state index contributed by atoms with van der Waals surface area (Å²) < 4.78 is 1.86. The van der Waals surface area contributed by atoms with Crippen LogP contribution in [0.3, 0.4) is 0 Å². The van der Waals surface area contributed by atoms with Gasteiger partial charge in [-0.2, -0.15) is 0 Å². The second-order valence-electron chi connectivity index (χ2n) is 4.88. The first-order valence-electron chi connectivity index (χ1n) is 7.39. The third kappa shape index (κ3) is 3.28. The van der Waals surface area contributed by atoms with E-state index in [0.29, 0.717) is 22.6 Å². The Morgan fingerprint density at radius 3 is 2.62 bits per heavy atom. The summed E-state index contributed by atoms with van der Waals surface area (Å²) in [6, 6.07) is 5.39. The number of anilines is 1. The molecule has 0 atom stereocenters. The SMILES string of the molecule is CCn1c(C(=O)N(C)c2cccnc2)cnc1Sc1ncccn1. The standard InChI is InChI=1S/C16H16N6OS/c1-3-22-13(14(23)21(2)12-6-4-7-17-10-12)11-20-16(22)24-15-18-8-5-9-19-15/h4-11H,3H2,1-2H3. The molecule has 1 amide bonds. The Morgan fingerprint density at radius 1 is 1.17 bits per heavy atom. The lowest BCUT2D eigenvalue weighted by atomic mass is 10.3. The number of amides is 1. The van der Waals surface area contributed by atoms with E-state index in [1.54, 1.807) is 55.1 Å². The average Bonchev–Trinajstić information content (AvgIpc) is 3.04. The zero-order valence-corrected chi connectivity index (χ0v) is 14.1. The Balaban J connectivity index is 1.87. The Kier molecular flexibility index (Phi) is 4.85. The first-order chi connectivity index (χ1) is 11.7. The lowest BCUT2D eigenvalue weighted by Gasteiger charge is -2.17. The van der Waals surface area contributed by atoms with Crippen molar-refractivity contribution in [2.45, 2.75) is 23.8 Å². The predicted octanol–water partition coefficient (Wildman–Crippen LogP) is 2.52. The van der Waals surface area contributed by atoms with Crippen molar-refractivity contribution >= 4 is 23.4 Å². The van der Waals surface area contributed by atoms with Crippen molar-refractivity contribution in [3.05, 3.63) is 54.9 Å². The first kappa shape index (κ1) is 16.1. The van der Waals surface area contributed by atoms with Gasteiger partial charge in [0.15, 0.2) is 10.3 Å². The molecule has 0 bridgehead atoms. The summed E-state index contributed by atoms with van der Waals surface area (Å²) in [7, 11) is 1.72. The molecular formula is C16H16N6OS. The Hall–Kier alpha value is -2.74. The molecule has 0 aromatic carbocycles. The van der Waals surface area contributed by atoms with Crippen LogP contribution in [0.25, 0.3) is 0 Å². The highest BCUT2D eigenvalue weighted by Crippen LogP contribution is 2.25. The highest BCUT2D eigenvalue weighted by molar-refractivity contribution is 7.99. The van der Waals surface area contributed by atoms with Crippen LogP contribution in [0.4, 0.5) is 5.69 Å². The second kappa shape index (κ2) is 7.22. The molecule has 0 N–H and O–H groups in total. The van der Waals surface area contributed by atoms with E-state index in [1.807, 2.05) is 17.6 Å². The fourth-order valence-electron chi connectivity index (χ4n) is 2.18. The smallest absolute Gasteiger partial charge is 0.276 e. The maximum atomic E-state index is 12.8. The van der Waals surface area contributed by atoms with Crippen LogP contribution in [0.1, 0.15) is 17.4 Å². The van der Waals surface area contributed by atoms with Crippen molar-refractivity contribution in [1.29, 1.82) is 0 Å². The Labute approximate surface area is 143 Å². The number of nitrogens with zero attached hydrogens (tertiary/aromatic N) is 6. The quantitative estimate of drug-likeness (QED) is 0.664. The summed E-state index contributed by atoms with van der Waals surface area (Å²) in [5.74, 6) is -0.141. The van der Waals surface area contributed by atoms with Crippen molar-refractivity contribution in [1.82, 2.24) is 24.5 Å². The topological polar surface area (TPSA) is 76.8 Å². The average molecular weight is 340 g/mol. The van der Waals surface area contributed by atoms with Crippen LogP contribution in [0.2, 0.25) is 0 Å². The molecule has 3 aromatic rings. The minimum atomic E-state index is -0.141. The van der Waals surface area contributed by atoms with Crippen LogP contribution < -0.4 is 4.90 Å². The van der Waals surface area contributed by atoms with E-state index < -0.39 is 0 Å². The summed E-state index contributed by atoms with van der Waals surface area (Å²) >= 11 is 1.33. The van der Waals surface area contributed by atoms with Gasteiger partial charge in [-0.1, -0.05) is 0 Å². The van der Waals surface area contributed by atoms with Crippen LogP contribution in [0, 0.1) is 0 Å². The molecule has 3 aromatic heterocycles. The summed E-state index contributed by atoms with van der Waals surface area (Å²) in [4.78, 5) is 31.1. The monoisotopic (exact) mass is 340 g/mol. The largest absolute Gasteiger partial charge is 0.315 e. The number of carbonyl (C=O) groups is 1. The summed E-state index contributed by atoms with van der Waals surface area (Å²) in [5, 5.41) is 1.28. The van der Waals surface area contributed by atoms with Gasteiger partial charge in [-0.25, -0.2) is 15.0 Å². The Morgan fingerprint density at radius 2 is 1.96 bits per heavy atom. The van der Waals surface area contributed by atoms with Gasteiger partial charge in [-0.05, 0) is 36.9 Å². The van der Waals surface area contributed by atoms with Gasteiger partial charge in [-0.3, -0.25) is 9.78 Å². The van der Waals surface area contributed by atoms with Crippen LogP contribution in [-0.4, -0.2) is 37.5 Å². The molecule has 0 fully saturated rings. The number of aromatic nitrogens is 5. The van der Waals surface area contributed by atoms with Crippen molar-refractivity contribution in [3.63, 3.8) is 0 Å². The van der Waals surface area contributed by atoms with Gasteiger partial charge < -0.3 is 9.47 Å². The fourth-order valence-corrected chi connectivity index (χ4v) is 3.01.